The summed E-state index contributed by atoms with van der Waals surface area (Å²) >= 11 is 1.60. The molecule has 2 aromatic rings. The monoisotopic (exact) mass is 289 g/mol. The number of hydrogen-bond donors (Lipinski definition) is 2. The number of carbonyl (C=O) groups excluding carboxylic acids is 2. The summed E-state index contributed by atoms with van der Waals surface area (Å²) in [6.45, 7) is 2.28. The van der Waals surface area contributed by atoms with Crippen molar-refractivity contribution in [2.24, 2.45) is 0 Å². The molecule has 0 aromatic carbocycles. The smallest absolute Gasteiger partial charge is 0.251 e. The first-order valence-corrected chi connectivity index (χ1v) is 7.03. The van der Waals surface area contributed by atoms with Gasteiger partial charge in [-0.2, -0.15) is 0 Å². The maximum absolute atomic E-state index is 12.0. The second-order valence-corrected chi connectivity index (χ2v) is 5.24. The Morgan fingerprint density at radius 1 is 1.25 bits per heavy atom. The molecule has 0 unspecified atom stereocenters. The van der Waals surface area contributed by atoms with E-state index in [0.717, 1.165) is 4.88 Å². The summed E-state index contributed by atoms with van der Waals surface area (Å²) in [5, 5.41) is 7.47. The third-order valence-electron chi connectivity index (χ3n) is 2.60. The highest BCUT2D eigenvalue weighted by molar-refractivity contribution is 7.09. The van der Waals surface area contributed by atoms with Crippen LogP contribution in [-0.2, 0) is 17.9 Å². The number of aromatic nitrogens is 1. The molecule has 2 heterocycles. The Balaban J connectivity index is 1.95. The molecule has 0 bridgehead atoms. The van der Waals surface area contributed by atoms with Crippen molar-refractivity contribution >= 4 is 23.2 Å². The number of rotatable bonds is 5. The SMILES string of the molecule is CC(=O)NCc1cc(C(=O)NCc2cccs2)ccn1. The Bertz CT molecular complexity index is 596. The Morgan fingerprint density at radius 3 is 2.80 bits per heavy atom. The molecule has 2 amide bonds. The van der Waals surface area contributed by atoms with Gasteiger partial charge in [0, 0.05) is 23.6 Å². The fraction of sp³-hybridized carbons (Fsp3) is 0.214. The number of hydrogen-bond acceptors (Lipinski definition) is 4. The van der Waals surface area contributed by atoms with Crippen LogP contribution in [0.5, 0.6) is 0 Å². The number of amides is 2. The Hall–Kier alpha value is -2.21. The van der Waals surface area contributed by atoms with E-state index >= 15 is 0 Å². The van der Waals surface area contributed by atoms with Crippen LogP contribution in [0.15, 0.2) is 35.8 Å². The number of thiophene rings is 1. The minimum atomic E-state index is -0.148. The summed E-state index contributed by atoms with van der Waals surface area (Å²) in [6, 6.07) is 7.25. The first-order valence-electron chi connectivity index (χ1n) is 6.15. The Labute approximate surface area is 121 Å². The molecule has 5 nitrogen and oxygen atoms in total. The molecule has 0 aliphatic rings. The van der Waals surface area contributed by atoms with Gasteiger partial charge in [0.1, 0.15) is 0 Å². The van der Waals surface area contributed by atoms with Crippen molar-refractivity contribution < 1.29 is 9.59 Å². The molecule has 0 aliphatic carbocycles. The number of pyridine rings is 1. The van der Waals surface area contributed by atoms with Crippen molar-refractivity contribution in [1.29, 1.82) is 0 Å². The van der Waals surface area contributed by atoms with Gasteiger partial charge in [-0.15, -0.1) is 11.3 Å². The normalized spacial score (nSPS) is 10.1. The summed E-state index contributed by atoms with van der Waals surface area (Å²) < 4.78 is 0. The molecule has 0 fully saturated rings. The minimum absolute atomic E-state index is 0.126. The van der Waals surface area contributed by atoms with Crippen LogP contribution < -0.4 is 10.6 Å². The van der Waals surface area contributed by atoms with Gasteiger partial charge >= 0.3 is 0 Å². The largest absolute Gasteiger partial charge is 0.351 e. The maximum atomic E-state index is 12.0. The fourth-order valence-electron chi connectivity index (χ4n) is 1.61. The number of nitrogens with zero attached hydrogens (tertiary/aromatic N) is 1. The molecule has 0 saturated heterocycles. The van der Waals surface area contributed by atoms with Crippen molar-refractivity contribution in [3.8, 4) is 0 Å². The highest BCUT2D eigenvalue weighted by atomic mass is 32.1. The highest BCUT2D eigenvalue weighted by Crippen LogP contribution is 2.08. The quantitative estimate of drug-likeness (QED) is 0.880. The zero-order chi connectivity index (χ0) is 14.4. The van der Waals surface area contributed by atoms with Crippen molar-refractivity contribution in [3.05, 3.63) is 52.0 Å². The van der Waals surface area contributed by atoms with Crippen LogP contribution in [0.2, 0.25) is 0 Å². The van der Waals surface area contributed by atoms with Gasteiger partial charge < -0.3 is 10.6 Å². The fourth-order valence-corrected chi connectivity index (χ4v) is 2.26. The average Bonchev–Trinajstić information content (AvgIpc) is 2.96. The molecule has 20 heavy (non-hydrogen) atoms. The van der Waals surface area contributed by atoms with Crippen LogP contribution in [0.4, 0.5) is 0 Å². The van der Waals surface area contributed by atoms with Crippen molar-refractivity contribution in [1.82, 2.24) is 15.6 Å². The molecule has 2 N–H and O–H groups in total. The lowest BCUT2D eigenvalue weighted by atomic mass is 10.2. The molecule has 104 valence electrons. The summed E-state index contributed by atoms with van der Waals surface area (Å²) in [4.78, 5) is 28.1. The van der Waals surface area contributed by atoms with Gasteiger partial charge in [0.05, 0.1) is 18.8 Å². The van der Waals surface area contributed by atoms with Gasteiger partial charge in [0.2, 0.25) is 5.91 Å². The van der Waals surface area contributed by atoms with Crippen molar-refractivity contribution in [2.75, 3.05) is 0 Å². The molecule has 0 radical (unpaired) electrons. The Morgan fingerprint density at radius 2 is 2.10 bits per heavy atom. The van der Waals surface area contributed by atoms with Crippen molar-refractivity contribution in [3.63, 3.8) is 0 Å². The van der Waals surface area contributed by atoms with Crippen LogP contribution in [0.1, 0.15) is 27.9 Å². The van der Waals surface area contributed by atoms with E-state index in [1.807, 2.05) is 17.5 Å². The first kappa shape index (κ1) is 14.2. The zero-order valence-electron chi connectivity index (χ0n) is 11.1. The maximum Gasteiger partial charge on any atom is 0.251 e. The molecule has 2 rings (SSSR count). The van der Waals surface area contributed by atoms with Crippen LogP contribution >= 0.6 is 11.3 Å². The van der Waals surface area contributed by atoms with Gasteiger partial charge in [-0.25, -0.2) is 0 Å². The molecule has 2 aromatic heterocycles. The summed E-state index contributed by atoms with van der Waals surface area (Å²) in [5.74, 6) is -0.274. The molecule has 0 atom stereocenters. The van der Waals surface area contributed by atoms with E-state index in [1.165, 1.54) is 6.92 Å². The van der Waals surface area contributed by atoms with Gasteiger partial charge in [-0.3, -0.25) is 14.6 Å². The molecule has 0 spiro atoms. The first-order chi connectivity index (χ1) is 9.65. The van der Waals surface area contributed by atoms with Gasteiger partial charge in [0.15, 0.2) is 0 Å². The van der Waals surface area contributed by atoms with Gasteiger partial charge in [-0.05, 0) is 23.6 Å². The summed E-state index contributed by atoms with van der Waals surface area (Å²) in [7, 11) is 0. The third-order valence-corrected chi connectivity index (χ3v) is 3.48. The van der Waals surface area contributed by atoms with E-state index in [2.05, 4.69) is 15.6 Å². The van der Waals surface area contributed by atoms with E-state index in [4.69, 9.17) is 0 Å². The van der Waals surface area contributed by atoms with Gasteiger partial charge in [-0.1, -0.05) is 6.07 Å². The zero-order valence-corrected chi connectivity index (χ0v) is 11.9. The molecule has 0 saturated carbocycles. The van der Waals surface area contributed by atoms with E-state index in [9.17, 15) is 9.59 Å². The van der Waals surface area contributed by atoms with E-state index in [1.54, 1.807) is 29.7 Å². The topological polar surface area (TPSA) is 71.1 Å². The molecule has 0 aliphatic heterocycles. The third kappa shape index (κ3) is 4.17. The standard InChI is InChI=1S/C14H15N3O2S/c1-10(18)16-8-12-7-11(4-5-15-12)14(19)17-9-13-3-2-6-20-13/h2-7H,8-9H2,1H3,(H,16,18)(H,17,19). The lowest BCUT2D eigenvalue weighted by molar-refractivity contribution is -0.119. The van der Waals surface area contributed by atoms with Crippen LogP contribution in [0.3, 0.4) is 0 Å². The van der Waals surface area contributed by atoms with E-state index < -0.39 is 0 Å². The lowest BCUT2D eigenvalue weighted by Gasteiger charge is -2.06. The average molecular weight is 289 g/mol. The molecular formula is C14H15N3O2S. The van der Waals surface area contributed by atoms with E-state index in [-0.39, 0.29) is 11.8 Å². The van der Waals surface area contributed by atoms with Gasteiger partial charge in [0.25, 0.3) is 5.91 Å². The summed E-state index contributed by atoms with van der Waals surface area (Å²) in [6.07, 6.45) is 1.57. The van der Waals surface area contributed by atoms with E-state index in [0.29, 0.717) is 24.3 Å². The second-order valence-electron chi connectivity index (χ2n) is 4.21. The second kappa shape index (κ2) is 6.81. The predicted molar refractivity (Wildman–Crippen MR) is 77.2 cm³/mol. The number of nitrogens with one attached hydrogen (secondary N) is 2. The highest BCUT2D eigenvalue weighted by Gasteiger charge is 2.07. The number of carbonyl (C=O) groups is 2. The summed E-state index contributed by atoms with van der Waals surface area (Å²) in [5.41, 5.74) is 1.20. The van der Waals surface area contributed by atoms with Crippen LogP contribution in [0.25, 0.3) is 0 Å². The Kier molecular flexibility index (Phi) is 4.84. The van der Waals surface area contributed by atoms with Crippen LogP contribution in [0, 0.1) is 0 Å². The lowest BCUT2D eigenvalue weighted by Crippen LogP contribution is -2.23. The van der Waals surface area contributed by atoms with Crippen molar-refractivity contribution in [2.45, 2.75) is 20.0 Å². The minimum Gasteiger partial charge on any atom is -0.351 e. The molecular weight excluding hydrogens is 274 g/mol. The molecule has 6 heteroatoms. The predicted octanol–water partition coefficient (Wildman–Crippen LogP) is 1.71. The van der Waals surface area contributed by atoms with Crippen LogP contribution in [-0.4, -0.2) is 16.8 Å².